The van der Waals surface area contributed by atoms with Crippen molar-refractivity contribution >= 4 is 39.3 Å². The van der Waals surface area contributed by atoms with Crippen LogP contribution in [-0.2, 0) is 17.3 Å². The van der Waals surface area contributed by atoms with Gasteiger partial charge >= 0.3 is 0 Å². The minimum atomic E-state index is -2.75. The zero-order valence-corrected chi connectivity index (χ0v) is 15.8. The molecule has 0 bridgehead atoms. The molecule has 11 heteroatoms. The smallest absolute Gasteiger partial charge is 0.215 e. The molecule has 0 aliphatic carbocycles. The molecule has 7 nitrogen and oxygen atoms in total. The molecule has 2 heterocycles. The lowest BCUT2D eigenvalue weighted by Crippen LogP contribution is -2.14. The van der Waals surface area contributed by atoms with Crippen molar-refractivity contribution in [2.45, 2.75) is 12.8 Å². The molecule has 1 N–H and O–H groups in total. The largest absolute Gasteiger partial charge is 0.287 e. The molecule has 0 aliphatic heterocycles. The van der Waals surface area contributed by atoms with E-state index in [0.717, 1.165) is 6.07 Å². The molecule has 0 fully saturated rings. The second-order valence-electron chi connectivity index (χ2n) is 5.73. The number of rotatable bonds is 7. The Morgan fingerprint density at radius 3 is 2.54 bits per heavy atom. The number of hydrogen-bond donors (Lipinski definition) is 2. The molecule has 0 saturated heterocycles. The van der Waals surface area contributed by atoms with E-state index in [1.54, 1.807) is 0 Å². The normalized spacial score (nSPS) is 11.3. The van der Waals surface area contributed by atoms with Crippen LogP contribution in [-0.4, -0.2) is 35.7 Å². The third-order valence-electron chi connectivity index (χ3n) is 3.91. The first kappa shape index (κ1) is 20.2. The van der Waals surface area contributed by atoms with Gasteiger partial charge in [-0.1, -0.05) is 11.6 Å². The highest BCUT2D eigenvalue weighted by molar-refractivity contribution is 7.70. The second kappa shape index (κ2) is 8.63. The monoisotopic (exact) mass is 426 g/mol. The number of aryl methyl sites for hydroxylation is 1. The molecule has 0 saturated carbocycles. The number of carbonyl (C=O) groups is 1. The number of benzene rings is 1. The van der Waals surface area contributed by atoms with Crippen molar-refractivity contribution in [2.24, 2.45) is 0 Å². The molecule has 1 aromatic carbocycles. The van der Waals surface area contributed by atoms with Crippen LogP contribution in [0.5, 0.6) is 0 Å². The number of nitrogens with zero attached hydrogens (tertiary/aromatic N) is 3. The molecule has 0 radical (unpaired) electrons. The lowest BCUT2D eigenvalue weighted by molar-refractivity contribution is 0.102. The Bertz CT molecular complexity index is 1130. The van der Waals surface area contributed by atoms with E-state index in [1.807, 2.05) is 0 Å². The van der Waals surface area contributed by atoms with Crippen LogP contribution in [0.15, 0.2) is 30.7 Å². The number of thiol groups is 1. The first-order valence-corrected chi connectivity index (χ1v) is 9.59. The third kappa shape index (κ3) is 4.29. The van der Waals surface area contributed by atoms with Gasteiger partial charge in [0.2, 0.25) is 16.7 Å². The summed E-state index contributed by atoms with van der Waals surface area (Å²) in [5.74, 6) is -3.50. The van der Waals surface area contributed by atoms with Gasteiger partial charge in [-0.3, -0.25) is 19.7 Å². The Morgan fingerprint density at radius 2 is 1.82 bits per heavy atom. The quantitative estimate of drug-likeness (QED) is 0.260. The van der Waals surface area contributed by atoms with Crippen LogP contribution in [0.2, 0.25) is 5.02 Å². The Labute approximate surface area is 164 Å². The summed E-state index contributed by atoms with van der Waals surface area (Å²) >= 11 is 6.17. The summed E-state index contributed by atoms with van der Waals surface area (Å²) in [6, 6.07) is 2.21. The van der Waals surface area contributed by atoms with Gasteiger partial charge in [0, 0.05) is 18.9 Å². The topological polar surface area (TPSA) is 102 Å². The zero-order valence-electron chi connectivity index (χ0n) is 14.2. The number of aromatic nitrogens is 3. The van der Waals surface area contributed by atoms with Gasteiger partial charge < -0.3 is 0 Å². The molecular weight excluding hydrogens is 414 g/mol. The fourth-order valence-electron chi connectivity index (χ4n) is 2.61. The summed E-state index contributed by atoms with van der Waals surface area (Å²) in [6.07, 6.45) is 4.61. The highest BCUT2D eigenvalue weighted by Gasteiger charge is 2.25. The summed E-state index contributed by atoms with van der Waals surface area (Å²) in [5.41, 5.74) is 0.208. The molecule has 0 amide bonds. The lowest BCUT2D eigenvalue weighted by Gasteiger charge is -2.11. The van der Waals surface area contributed by atoms with E-state index < -0.39 is 33.9 Å². The molecule has 0 aliphatic rings. The van der Waals surface area contributed by atoms with E-state index in [1.165, 1.54) is 24.7 Å². The average molecular weight is 427 g/mol. The molecule has 0 atom stereocenters. The highest BCUT2D eigenvalue weighted by atomic mass is 35.5. The summed E-state index contributed by atoms with van der Waals surface area (Å²) in [6.45, 7) is 0.0994. The van der Waals surface area contributed by atoms with Crippen LogP contribution in [0.25, 0.3) is 11.0 Å². The lowest BCUT2D eigenvalue weighted by atomic mass is 10.0. The predicted molar refractivity (Wildman–Crippen MR) is 98.8 cm³/mol. The fourth-order valence-corrected chi connectivity index (χ4v) is 3.26. The minimum absolute atomic E-state index is 0.0994. The molecular formula is C17H13ClF2N4O3S. The van der Waals surface area contributed by atoms with E-state index in [-0.39, 0.29) is 35.7 Å². The first-order chi connectivity index (χ1) is 13.4. The summed E-state index contributed by atoms with van der Waals surface area (Å²) < 4.78 is 51.6. The molecule has 146 valence electrons. The molecule has 3 aromatic rings. The summed E-state index contributed by atoms with van der Waals surface area (Å²) in [5, 5.41) is -0.239. The van der Waals surface area contributed by atoms with E-state index in [2.05, 4.69) is 19.7 Å². The van der Waals surface area contributed by atoms with Gasteiger partial charge in [-0.05, 0) is 30.5 Å². The number of ketones is 1. The minimum Gasteiger partial charge on any atom is -0.287 e. The van der Waals surface area contributed by atoms with Crippen LogP contribution >= 0.6 is 11.6 Å². The van der Waals surface area contributed by atoms with E-state index in [9.17, 15) is 22.0 Å². The van der Waals surface area contributed by atoms with Crippen molar-refractivity contribution in [3.05, 3.63) is 64.2 Å². The molecule has 0 spiro atoms. The third-order valence-corrected chi connectivity index (χ3v) is 4.82. The standard InChI is InChI=1S/C17H13ClF2N4O3S/c18-15-9(2-1-3-24-28(26)27)6-10(19)16(20)14(15)17(25)12-7-11-13(8-23-12)22-5-4-21-11/h4-8,28H,1-3H2,(H,24,26,27). The van der Waals surface area contributed by atoms with E-state index in [4.69, 9.17) is 11.6 Å². The van der Waals surface area contributed by atoms with Gasteiger partial charge in [0.1, 0.15) is 11.2 Å². The number of pyridine rings is 1. The number of halogens is 3. The van der Waals surface area contributed by atoms with Crippen molar-refractivity contribution in [1.82, 2.24) is 19.7 Å². The van der Waals surface area contributed by atoms with Gasteiger partial charge in [0.05, 0.1) is 22.3 Å². The summed E-state index contributed by atoms with van der Waals surface area (Å²) in [4.78, 5) is 24.8. The molecule has 0 unspecified atom stereocenters. The summed E-state index contributed by atoms with van der Waals surface area (Å²) in [7, 11) is -2.75. The zero-order chi connectivity index (χ0) is 20.3. The Kier molecular flexibility index (Phi) is 6.22. The fraction of sp³-hybridized carbons (Fsp3) is 0.176. The van der Waals surface area contributed by atoms with E-state index >= 15 is 0 Å². The number of fused-ring (bicyclic) bond motifs is 1. The number of nitrogens with one attached hydrogen (secondary N) is 1. The molecule has 2 aromatic heterocycles. The Balaban J connectivity index is 1.95. The van der Waals surface area contributed by atoms with Crippen LogP contribution in [0.3, 0.4) is 0 Å². The predicted octanol–water partition coefficient (Wildman–Crippen LogP) is 2.24. The van der Waals surface area contributed by atoms with Crippen LogP contribution in [0, 0.1) is 11.6 Å². The maximum Gasteiger partial charge on any atom is 0.215 e. The van der Waals surface area contributed by atoms with Gasteiger partial charge in [0.15, 0.2) is 11.6 Å². The average Bonchev–Trinajstić information content (AvgIpc) is 2.68. The van der Waals surface area contributed by atoms with Crippen molar-refractivity contribution in [3.63, 3.8) is 0 Å². The molecule has 3 rings (SSSR count). The van der Waals surface area contributed by atoms with E-state index in [0.29, 0.717) is 11.0 Å². The molecule has 28 heavy (non-hydrogen) atoms. The van der Waals surface area contributed by atoms with Gasteiger partial charge in [-0.25, -0.2) is 21.9 Å². The van der Waals surface area contributed by atoms with Crippen molar-refractivity contribution in [1.29, 1.82) is 0 Å². The van der Waals surface area contributed by atoms with Crippen molar-refractivity contribution < 1.29 is 22.0 Å². The Morgan fingerprint density at radius 1 is 1.11 bits per heavy atom. The number of carbonyl (C=O) groups excluding carboxylic acids is 1. The van der Waals surface area contributed by atoms with Gasteiger partial charge in [-0.15, -0.1) is 0 Å². The first-order valence-electron chi connectivity index (χ1n) is 8.04. The maximum atomic E-state index is 14.4. The highest BCUT2D eigenvalue weighted by Crippen LogP contribution is 2.29. The maximum absolute atomic E-state index is 14.4. The van der Waals surface area contributed by atoms with Crippen molar-refractivity contribution in [3.8, 4) is 0 Å². The van der Waals surface area contributed by atoms with Crippen LogP contribution in [0.1, 0.15) is 28.0 Å². The SMILES string of the molecule is O=C(c1cc2nccnc2cn1)c1c(F)c(F)cc(CCCN[SH](=O)=O)c1Cl. The van der Waals surface area contributed by atoms with Crippen LogP contribution < -0.4 is 4.72 Å². The van der Waals surface area contributed by atoms with Crippen LogP contribution in [0.4, 0.5) is 8.78 Å². The number of hydrogen-bond acceptors (Lipinski definition) is 6. The second-order valence-corrected chi connectivity index (χ2v) is 6.94. The van der Waals surface area contributed by atoms with Gasteiger partial charge in [0.25, 0.3) is 0 Å². The van der Waals surface area contributed by atoms with Crippen molar-refractivity contribution in [2.75, 3.05) is 6.54 Å². The van der Waals surface area contributed by atoms with Gasteiger partial charge in [-0.2, -0.15) is 0 Å². The Hall–Kier alpha value is -2.56.